The second-order valence-electron chi connectivity index (χ2n) is 5.26. The summed E-state index contributed by atoms with van der Waals surface area (Å²) in [6.45, 7) is 2.15. The average molecular weight is 293 g/mol. The molecule has 114 valence electrons. The molecule has 1 aromatic rings. The molecule has 2 N–H and O–H groups in total. The minimum atomic E-state index is -1.63. The Hall–Kier alpha value is -1.76. The van der Waals surface area contributed by atoms with Gasteiger partial charge in [-0.05, 0) is 30.2 Å². The number of benzene rings is 1. The van der Waals surface area contributed by atoms with E-state index in [9.17, 15) is 19.9 Å². The van der Waals surface area contributed by atoms with Crippen molar-refractivity contribution in [1.29, 1.82) is 0 Å². The fraction of sp³-hybridized carbons (Fsp3) is 0.467. The minimum Gasteiger partial charge on any atom is -0.465 e. The van der Waals surface area contributed by atoms with Gasteiger partial charge in [-0.3, -0.25) is 4.79 Å². The zero-order chi connectivity index (χ0) is 15.6. The van der Waals surface area contributed by atoms with Crippen LogP contribution in [0.3, 0.4) is 0 Å². The van der Waals surface area contributed by atoms with Crippen LogP contribution in [0, 0.1) is 6.92 Å². The van der Waals surface area contributed by atoms with Crippen molar-refractivity contribution in [3.05, 3.63) is 34.9 Å². The molecule has 1 aliphatic rings. The van der Waals surface area contributed by atoms with Crippen LogP contribution < -0.4 is 0 Å². The molecular weight excluding hydrogens is 274 g/mol. The standard InChI is InChI=1S/C15H19NO5/c1-10-9-11(14(18)21-2)3-4-12(10)15(19)6-8-16(20)7-5-13(15)17/h3-4,9,19-20H,5-8H2,1-2H3. The maximum atomic E-state index is 12.2. The molecule has 1 saturated heterocycles. The van der Waals surface area contributed by atoms with Crippen LogP contribution >= 0.6 is 0 Å². The highest BCUT2D eigenvalue weighted by molar-refractivity contribution is 5.91. The lowest BCUT2D eigenvalue weighted by molar-refractivity contribution is -0.138. The summed E-state index contributed by atoms with van der Waals surface area (Å²) < 4.78 is 4.65. The van der Waals surface area contributed by atoms with E-state index in [2.05, 4.69) is 4.74 Å². The Morgan fingerprint density at radius 3 is 2.71 bits per heavy atom. The third-order valence-electron chi connectivity index (χ3n) is 3.88. The highest BCUT2D eigenvalue weighted by Gasteiger charge is 2.40. The Bertz CT molecular complexity index is 571. The van der Waals surface area contributed by atoms with Crippen LogP contribution in [0.2, 0.25) is 0 Å². The van der Waals surface area contributed by atoms with Crippen LogP contribution in [-0.4, -0.2) is 47.3 Å². The van der Waals surface area contributed by atoms with E-state index in [1.165, 1.54) is 13.2 Å². The van der Waals surface area contributed by atoms with Crippen molar-refractivity contribution >= 4 is 11.8 Å². The normalized spacial score (nSPS) is 23.7. The molecule has 0 amide bonds. The molecule has 1 atom stereocenters. The molecule has 1 unspecified atom stereocenters. The monoisotopic (exact) mass is 293 g/mol. The molecule has 0 saturated carbocycles. The summed E-state index contributed by atoms with van der Waals surface area (Å²) in [5.41, 5.74) is -0.154. The van der Waals surface area contributed by atoms with E-state index in [1.54, 1.807) is 19.1 Å². The number of rotatable bonds is 2. The smallest absolute Gasteiger partial charge is 0.337 e. The molecule has 0 spiro atoms. The van der Waals surface area contributed by atoms with Crippen LogP contribution in [0.1, 0.15) is 34.3 Å². The van der Waals surface area contributed by atoms with Gasteiger partial charge in [0.2, 0.25) is 0 Å². The average Bonchev–Trinajstić information content (AvgIpc) is 2.60. The lowest BCUT2D eigenvalue weighted by Gasteiger charge is -2.27. The molecule has 1 aromatic carbocycles. The van der Waals surface area contributed by atoms with Crippen LogP contribution in [0.4, 0.5) is 0 Å². The van der Waals surface area contributed by atoms with Gasteiger partial charge < -0.3 is 15.1 Å². The summed E-state index contributed by atoms with van der Waals surface area (Å²) in [6, 6.07) is 4.70. The number of aliphatic hydroxyl groups is 1. The number of ether oxygens (including phenoxy) is 1. The number of carbonyl (C=O) groups excluding carboxylic acids is 2. The summed E-state index contributed by atoms with van der Waals surface area (Å²) in [5, 5.41) is 21.3. The first-order valence-corrected chi connectivity index (χ1v) is 6.77. The second-order valence-corrected chi connectivity index (χ2v) is 5.26. The largest absolute Gasteiger partial charge is 0.465 e. The minimum absolute atomic E-state index is 0.0746. The van der Waals surface area contributed by atoms with Gasteiger partial charge >= 0.3 is 5.97 Å². The van der Waals surface area contributed by atoms with Crippen LogP contribution in [0.25, 0.3) is 0 Å². The zero-order valence-electron chi connectivity index (χ0n) is 12.1. The molecule has 0 bridgehead atoms. The van der Waals surface area contributed by atoms with Crippen molar-refractivity contribution in [1.82, 2.24) is 5.06 Å². The topological polar surface area (TPSA) is 87.1 Å². The van der Waals surface area contributed by atoms with Crippen molar-refractivity contribution in [3.8, 4) is 0 Å². The maximum Gasteiger partial charge on any atom is 0.337 e. The van der Waals surface area contributed by atoms with E-state index in [1.807, 2.05) is 0 Å². The SMILES string of the molecule is COC(=O)c1ccc(C2(O)CCN(O)CCC2=O)c(C)c1. The second kappa shape index (κ2) is 5.93. The van der Waals surface area contributed by atoms with Crippen molar-refractivity contribution in [2.75, 3.05) is 20.2 Å². The number of hydrogen-bond donors (Lipinski definition) is 2. The Kier molecular flexibility index (Phi) is 4.41. The van der Waals surface area contributed by atoms with E-state index in [0.717, 1.165) is 5.06 Å². The van der Waals surface area contributed by atoms with Crippen molar-refractivity contribution in [2.24, 2.45) is 0 Å². The summed E-state index contributed by atoms with van der Waals surface area (Å²) in [6.07, 6.45) is 0.186. The first-order valence-electron chi connectivity index (χ1n) is 6.77. The van der Waals surface area contributed by atoms with Gasteiger partial charge in [-0.1, -0.05) is 6.07 Å². The van der Waals surface area contributed by atoms with Crippen molar-refractivity contribution in [3.63, 3.8) is 0 Å². The Morgan fingerprint density at radius 1 is 1.38 bits per heavy atom. The maximum absolute atomic E-state index is 12.2. The zero-order valence-corrected chi connectivity index (χ0v) is 12.1. The first kappa shape index (κ1) is 15.6. The molecular formula is C15H19NO5. The van der Waals surface area contributed by atoms with E-state index in [4.69, 9.17) is 0 Å². The molecule has 1 fully saturated rings. The van der Waals surface area contributed by atoms with Gasteiger partial charge in [0.15, 0.2) is 5.78 Å². The number of aryl methyl sites for hydroxylation is 1. The van der Waals surface area contributed by atoms with Crippen LogP contribution in [-0.2, 0) is 15.1 Å². The van der Waals surface area contributed by atoms with Crippen LogP contribution in [0.15, 0.2) is 18.2 Å². The highest BCUT2D eigenvalue weighted by atomic mass is 16.5. The molecule has 0 aromatic heterocycles. The fourth-order valence-corrected chi connectivity index (χ4v) is 2.64. The first-order chi connectivity index (χ1) is 9.88. The summed E-state index contributed by atoms with van der Waals surface area (Å²) in [4.78, 5) is 23.7. The number of hydroxylamine groups is 2. The third kappa shape index (κ3) is 2.97. The van der Waals surface area contributed by atoms with E-state index < -0.39 is 11.6 Å². The third-order valence-corrected chi connectivity index (χ3v) is 3.88. The van der Waals surface area contributed by atoms with Crippen molar-refractivity contribution < 1.29 is 24.6 Å². The molecule has 1 heterocycles. The number of nitrogens with zero attached hydrogens (tertiary/aromatic N) is 1. The number of methoxy groups -OCH3 is 1. The van der Waals surface area contributed by atoms with E-state index in [0.29, 0.717) is 16.7 Å². The van der Waals surface area contributed by atoms with Gasteiger partial charge in [-0.2, -0.15) is 5.06 Å². The number of ketones is 1. The summed E-state index contributed by atoms with van der Waals surface area (Å²) in [7, 11) is 1.30. The van der Waals surface area contributed by atoms with Gasteiger partial charge in [-0.25, -0.2) is 4.79 Å². The van der Waals surface area contributed by atoms with E-state index in [-0.39, 0.29) is 31.7 Å². The van der Waals surface area contributed by atoms with Crippen molar-refractivity contribution in [2.45, 2.75) is 25.4 Å². The fourth-order valence-electron chi connectivity index (χ4n) is 2.64. The molecule has 0 aliphatic carbocycles. The number of esters is 1. The lowest BCUT2D eigenvalue weighted by Crippen LogP contribution is -2.36. The number of carbonyl (C=O) groups is 2. The summed E-state index contributed by atoms with van der Waals surface area (Å²) >= 11 is 0. The Morgan fingerprint density at radius 2 is 2.10 bits per heavy atom. The van der Waals surface area contributed by atoms with Crippen LogP contribution in [0.5, 0.6) is 0 Å². The molecule has 6 nitrogen and oxygen atoms in total. The van der Waals surface area contributed by atoms with Gasteiger partial charge in [-0.15, -0.1) is 0 Å². The molecule has 2 rings (SSSR count). The van der Waals surface area contributed by atoms with Gasteiger partial charge in [0.25, 0.3) is 0 Å². The van der Waals surface area contributed by atoms with E-state index >= 15 is 0 Å². The lowest BCUT2D eigenvalue weighted by atomic mass is 9.83. The Balaban J connectivity index is 2.40. The molecule has 21 heavy (non-hydrogen) atoms. The molecule has 6 heteroatoms. The predicted octanol–water partition coefficient (Wildman–Crippen LogP) is 1.02. The molecule has 0 radical (unpaired) electrons. The van der Waals surface area contributed by atoms with Gasteiger partial charge in [0, 0.05) is 25.9 Å². The number of Topliss-reactive ketones (excluding diaryl/α,β-unsaturated/α-hetero) is 1. The predicted molar refractivity (Wildman–Crippen MR) is 74.0 cm³/mol. The highest BCUT2D eigenvalue weighted by Crippen LogP contribution is 2.32. The Labute approximate surface area is 122 Å². The van der Waals surface area contributed by atoms with Gasteiger partial charge in [0.05, 0.1) is 12.7 Å². The molecule has 1 aliphatic heterocycles. The summed E-state index contributed by atoms with van der Waals surface area (Å²) in [5.74, 6) is -0.793. The van der Waals surface area contributed by atoms with Gasteiger partial charge in [0.1, 0.15) is 5.60 Å². The quantitative estimate of drug-likeness (QED) is 0.792. The number of hydrogen-bond acceptors (Lipinski definition) is 6.